The maximum atomic E-state index is 5.29. The first-order chi connectivity index (χ1) is 12.2. The van der Waals surface area contributed by atoms with Gasteiger partial charge in [-0.25, -0.2) is 9.55 Å². The summed E-state index contributed by atoms with van der Waals surface area (Å²) >= 11 is 0. The monoisotopic (exact) mass is 329 g/mol. The van der Waals surface area contributed by atoms with Gasteiger partial charge in [0.2, 0.25) is 0 Å². The van der Waals surface area contributed by atoms with Crippen molar-refractivity contribution < 1.29 is 9.30 Å². The van der Waals surface area contributed by atoms with Gasteiger partial charge in [-0.1, -0.05) is 42.0 Å². The predicted molar refractivity (Wildman–Crippen MR) is 101 cm³/mol. The third-order valence-corrected chi connectivity index (χ3v) is 4.50. The number of benzene rings is 3. The van der Waals surface area contributed by atoms with Crippen molar-refractivity contribution >= 4 is 11.0 Å². The number of aromatic nitrogens is 2. The van der Waals surface area contributed by atoms with Crippen LogP contribution in [0.15, 0.2) is 72.8 Å². The highest BCUT2D eigenvalue weighted by molar-refractivity contribution is 5.74. The zero-order valence-electron chi connectivity index (χ0n) is 14.5. The van der Waals surface area contributed by atoms with Gasteiger partial charge in [-0.3, -0.25) is 0 Å². The molecule has 0 fully saturated rings. The second-order valence-corrected chi connectivity index (χ2v) is 6.29. The van der Waals surface area contributed by atoms with E-state index in [2.05, 4.69) is 77.1 Å². The van der Waals surface area contributed by atoms with E-state index in [4.69, 9.17) is 4.74 Å². The minimum absolute atomic E-state index is 0.826. The number of H-pyrrole nitrogens is 1. The van der Waals surface area contributed by atoms with Crippen molar-refractivity contribution in [2.24, 2.45) is 0 Å². The molecule has 0 radical (unpaired) electrons. The molecule has 3 nitrogen and oxygen atoms in total. The van der Waals surface area contributed by atoms with Gasteiger partial charge >= 0.3 is 0 Å². The smallest absolute Gasteiger partial charge is 0.287 e. The molecule has 0 spiro atoms. The first-order valence-electron chi connectivity index (χ1n) is 8.45. The Labute approximate surface area is 147 Å². The Kier molecular flexibility index (Phi) is 3.98. The average molecular weight is 329 g/mol. The third kappa shape index (κ3) is 3.01. The molecular formula is C22H21N2O+. The van der Waals surface area contributed by atoms with Crippen molar-refractivity contribution in [1.82, 2.24) is 4.98 Å². The van der Waals surface area contributed by atoms with E-state index in [0.717, 1.165) is 29.2 Å². The number of aryl methyl sites for hydroxylation is 1. The number of methoxy groups -OCH3 is 1. The fraction of sp³-hybridized carbons (Fsp3) is 0.136. The number of nitrogens with zero attached hydrogens (tertiary/aromatic N) is 1. The van der Waals surface area contributed by atoms with Crippen LogP contribution in [0.1, 0.15) is 11.1 Å². The second kappa shape index (κ2) is 6.44. The molecule has 0 saturated heterocycles. The van der Waals surface area contributed by atoms with E-state index >= 15 is 0 Å². The number of para-hydroxylation sites is 2. The van der Waals surface area contributed by atoms with Crippen molar-refractivity contribution in [3.05, 3.63) is 83.9 Å². The number of imidazole rings is 1. The molecule has 1 heterocycles. The largest absolute Gasteiger partial charge is 0.497 e. The number of hydrogen-bond donors (Lipinski definition) is 1. The molecule has 0 aliphatic heterocycles. The van der Waals surface area contributed by atoms with Gasteiger partial charge in [0.15, 0.2) is 11.0 Å². The van der Waals surface area contributed by atoms with E-state index in [0.29, 0.717) is 0 Å². The van der Waals surface area contributed by atoms with Crippen LogP contribution in [-0.4, -0.2) is 12.1 Å². The Balaban J connectivity index is 1.85. The van der Waals surface area contributed by atoms with Crippen LogP contribution in [0.5, 0.6) is 5.75 Å². The first-order valence-corrected chi connectivity index (χ1v) is 8.45. The molecule has 25 heavy (non-hydrogen) atoms. The second-order valence-electron chi connectivity index (χ2n) is 6.29. The van der Waals surface area contributed by atoms with Crippen LogP contribution < -0.4 is 9.30 Å². The lowest BCUT2D eigenvalue weighted by molar-refractivity contribution is -0.651. The van der Waals surface area contributed by atoms with Crippen LogP contribution in [0.4, 0.5) is 0 Å². The first kappa shape index (κ1) is 15.5. The van der Waals surface area contributed by atoms with Crippen molar-refractivity contribution in [2.45, 2.75) is 13.5 Å². The molecule has 0 amide bonds. The Morgan fingerprint density at radius 3 is 2.48 bits per heavy atom. The molecule has 124 valence electrons. The zero-order valence-corrected chi connectivity index (χ0v) is 14.5. The van der Waals surface area contributed by atoms with Crippen LogP contribution in [0.25, 0.3) is 22.4 Å². The van der Waals surface area contributed by atoms with Gasteiger partial charge < -0.3 is 4.74 Å². The minimum Gasteiger partial charge on any atom is -0.497 e. The molecule has 3 aromatic carbocycles. The quantitative estimate of drug-likeness (QED) is 0.549. The van der Waals surface area contributed by atoms with Gasteiger partial charge in [0.1, 0.15) is 12.3 Å². The van der Waals surface area contributed by atoms with E-state index in [1.54, 1.807) is 7.11 Å². The Hall–Kier alpha value is -3.07. The molecule has 1 N–H and O–H groups in total. The third-order valence-electron chi connectivity index (χ3n) is 4.50. The van der Waals surface area contributed by atoms with Crippen molar-refractivity contribution in [1.29, 1.82) is 0 Å². The summed E-state index contributed by atoms with van der Waals surface area (Å²) in [5.41, 5.74) is 6.06. The summed E-state index contributed by atoms with van der Waals surface area (Å²) in [6, 6.07) is 25.3. The average Bonchev–Trinajstić information content (AvgIpc) is 3.00. The molecule has 4 rings (SSSR count). The Morgan fingerprint density at radius 2 is 1.72 bits per heavy atom. The molecule has 4 aromatic rings. The normalized spacial score (nSPS) is 11.0. The van der Waals surface area contributed by atoms with Crippen molar-refractivity contribution in [2.75, 3.05) is 7.11 Å². The summed E-state index contributed by atoms with van der Waals surface area (Å²) in [4.78, 5) is 3.57. The van der Waals surface area contributed by atoms with Crippen LogP contribution in [0, 0.1) is 6.92 Å². The van der Waals surface area contributed by atoms with Gasteiger partial charge in [-0.05, 0) is 48.9 Å². The molecule has 1 aromatic heterocycles. The molecule has 0 saturated carbocycles. The highest BCUT2D eigenvalue weighted by atomic mass is 16.5. The SMILES string of the molecule is COc1ccc(-c2[nH]c3ccccc3[n+]2Cc2cccc(C)c2)cc1. The van der Waals surface area contributed by atoms with E-state index in [1.807, 2.05) is 12.1 Å². The maximum absolute atomic E-state index is 5.29. The van der Waals surface area contributed by atoms with Gasteiger partial charge in [-0.15, -0.1) is 0 Å². The molecule has 0 aliphatic rings. The van der Waals surface area contributed by atoms with E-state index in [-0.39, 0.29) is 0 Å². The lowest BCUT2D eigenvalue weighted by Crippen LogP contribution is -2.35. The van der Waals surface area contributed by atoms with E-state index in [9.17, 15) is 0 Å². The number of fused-ring (bicyclic) bond motifs is 1. The van der Waals surface area contributed by atoms with Crippen LogP contribution in [-0.2, 0) is 6.54 Å². The fourth-order valence-electron chi connectivity index (χ4n) is 3.26. The van der Waals surface area contributed by atoms with Crippen LogP contribution >= 0.6 is 0 Å². The fourth-order valence-corrected chi connectivity index (χ4v) is 3.26. The summed E-state index contributed by atoms with van der Waals surface area (Å²) in [5.74, 6) is 1.97. The molecule has 0 bridgehead atoms. The predicted octanol–water partition coefficient (Wildman–Crippen LogP) is 4.49. The molecule has 0 atom stereocenters. The van der Waals surface area contributed by atoms with Crippen molar-refractivity contribution in [3.63, 3.8) is 0 Å². The zero-order chi connectivity index (χ0) is 17.2. The van der Waals surface area contributed by atoms with Gasteiger partial charge in [0.25, 0.3) is 5.82 Å². The highest BCUT2D eigenvalue weighted by Crippen LogP contribution is 2.22. The highest BCUT2D eigenvalue weighted by Gasteiger charge is 2.20. The summed E-state index contributed by atoms with van der Waals surface area (Å²) < 4.78 is 7.63. The number of ether oxygens (including phenoxy) is 1. The van der Waals surface area contributed by atoms with Gasteiger partial charge in [0.05, 0.1) is 12.7 Å². The topological polar surface area (TPSA) is 28.9 Å². The Morgan fingerprint density at radius 1 is 0.920 bits per heavy atom. The maximum Gasteiger partial charge on any atom is 0.287 e. The Bertz CT molecular complexity index is 1020. The lowest BCUT2D eigenvalue weighted by atomic mass is 10.1. The van der Waals surface area contributed by atoms with Gasteiger partial charge in [-0.2, -0.15) is 0 Å². The molecule has 3 heteroatoms. The lowest BCUT2D eigenvalue weighted by Gasteiger charge is -2.05. The summed E-state index contributed by atoms with van der Waals surface area (Å²) in [5, 5.41) is 0. The number of rotatable bonds is 4. The molecule has 0 aliphatic carbocycles. The van der Waals surface area contributed by atoms with Gasteiger partial charge in [0, 0.05) is 0 Å². The summed E-state index contributed by atoms with van der Waals surface area (Å²) in [6.07, 6.45) is 0. The van der Waals surface area contributed by atoms with Crippen molar-refractivity contribution in [3.8, 4) is 17.1 Å². The minimum atomic E-state index is 0.826. The standard InChI is InChI=1S/C22H20N2O/c1-16-6-5-7-17(14-16)15-24-21-9-4-3-8-20(21)23-22(24)18-10-12-19(25-2)13-11-18/h3-14H,15H2,1-2H3/p+1. The number of hydrogen-bond acceptors (Lipinski definition) is 1. The van der Waals surface area contributed by atoms with E-state index in [1.165, 1.54) is 16.6 Å². The molecule has 0 unspecified atom stereocenters. The van der Waals surface area contributed by atoms with E-state index < -0.39 is 0 Å². The summed E-state index contributed by atoms with van der Waals surface area (Å²) in [6.45, 7) is 2.96. The van der Waals surface area contributed by atoms with Crippen LogP contribution in [0.3, 0.4) is 0 Å². The molecular weight excluding hydrogens is 308 g/mol. The number of aromatic amines is 1. The van der Waals surface area contributed by atoms with Crippen LogP contribution in [0.2, 0.25) is 0 Å². The summed E-state index contributed by atoms with van der Waals surface area (Å²) in [7, 11) is 1.69. The number of nitrogens with one attached hydrogen (secondary N) is 1.